The Labute approximate surface area is 137 Å². The summed E-state index contributed by atoms with van der Waals surface area (Å²) in [5, 5.41) is 10.2. The van der Waals surface area contributed by atoms with Crippen molar-refractivity contribution in [2.45, 2.75) is 44.8 Å². The SMILES string of the molecule is CC1(C)CCN2CCCc3c4c(cc1c32)C=C(/C=C/N)C(O)O4. The molecule has 4 heteroatoms. The third kappa shape index (κ3) is 2.16. The van der Waals surface area contributed by atoms with Crippen molar-refractivity contribution in [3.8, 4) is 5.75 Å². The number of hydrogen-bond donors (Lipinski definition) is 2. The van der Waals surface area contributed by atoms with Crippen LogP contribution in [0.3, 0.4) is 0 Å². The Kier molecular flexibility index (Phi) is 3.20. The smallest absolute Gasteiger partial charge is 0.224 e. The van der Waals surface area contributed by atoms with Gasteiger partial charge in [0, 0.05) is 35.5 Å². The molecule has 4 nitrogen and oxygen atoms in total. The van der Waals surface area contributed by atoms with E-state index in [-0.39, 0.29) is 5.41 Å². The van der Waals surface area contributed by atoms with Crippen LogP contribution in [0.2, 0.25) is 0 Å². The molecule has 0 bridgehead atoms. The molecule has 23 heavy (non-hydrogen) atoms. The van der Waals surface area contributed by atoms with Crippen LogP contribution in [0.25, 0.3) is 6.08 Å². The van der Waals surface area contributed by atoms with Crippen LogP contribution in [0.15, 0.2) is 23.9 Å². The third-order valence-corrected chi connectivity index (χ3v) is 5.41. The van der Waals surface area contributed by atoms with E-state index in [1.165, 1.54) is 29.4 Å². The van der Waals surface area contributed by atoms with Gasteiger partial charge in [0.15, 0.2) is 0 Å². The lowest BCUT2D eigenvalue weighted by Gasteiger charge is -2.45. The average molecular weight is 312 g/mol. The molecule has 1 atom stereocenters. The molecule has 0 spiro atoms. The Hall–Kier alpha value is -1.94. The molecular weight excluding hydrogens is 288 g/mol. The topological polar surface area (TPSA) is 58.7 Å². The molecular formula is C19H24N2O2. The largest absolute Gasteiger partial charge is 0.460 e. The van der Waals surface area contributed by atoms with Gasteiger partial charge in [0.05, 0.1) is 0 Å². The highest BCUT2D eigenvalue weighted by Gasteiger charge is 2.37. The van der Waals surface area contributed by atoms with Gasteiger partial charge in [-0.25, -0.2) is 0 Å². The predicted octanol–water partition coefficient (Wildman–Crippen LogP) is 2.69. The van der Waals surface area contributed by atoms with Crippen molar-refractivity contribution in [1.29, 1.82) is 0 Å². The minimum Gasteiger partial charge on any atom is -0.460 e. The highest BCUT2D eigenvalue weighted by molar-refractivity contribution is 5.77. The molecule has 1 aromatic carbocycles. The third-order valence-electron chi connectivity index (χ3n) is 5.41. The highest BCUT2D eigenvalue weighted by atomic mass is 16.6. The monoisotopic (exact) mass is 312 g/mol. The first-order valence-electron chi connectivity index (χ1n) is 8.41. The first-order valence-corrected chi connectivity index (χ1v) is 8.41. The number of nitrogens with two attached hydrogens (primary N) is 1. The molecule has 4 rings (SSSR count). The van der Waals surface area contributed by atoms with Gasteiger partial charge in [-0.15, -0.1) is 0 Å². The lowest BCUT2D eigenvalue weighted by atomic mass is 9.74. The fourth-order valence-electron chi connectivity index (χ4n) is 4.09. The molecule has 1 unspecified atom stereocenters. The van der Waals surface area contributed by atoms with E-state index in [9.17, 15) is 5.11 Å². The molecule has 3 aliphatic heterocycles. The number of aliphatic hydroxyl groups is 1. The summed E-state index contributed by atoms with van der Waals surface area (Å²) in [7, 11) is 0. The first-order chi connectivity index (χ1) is 11.0. The summed E-state index contributed by atoms with van der Waals surface area (Å²) >= 11 is 0. The van der Waals surface area contributed by atoms with Gasteiger partial charge in [0.2, 0.25) is 6.29 Å². The lowest BCUT2D eigenvalue weighted by Crippen LogP contribution is -2.41. The Morgan fingerprint density at radius 3 is 3.00 bits per heavy atom. The highest BCUT2D eigenvalue weighted by Crippen LogP contribution is 2.49. The average Bonchev–Trinajstić information content (AvgIpc) is 2.52. The number of anilines is 1. The van der Waals surface area contributed by atoms with Gasteiger partial charge in [-0.1, -0.05) is 13.8 Å². The van der Waals surface area contributed by atoms with Crippen LogP contribution in [-0.2, 0) is 11.8 Å². The predicted molar refractivity (Wildman–Crippen MR) is 92.6 cm³/mol. The zero-order valence-electron chi connectivity index (χ0n) is 13.8. The maximum atomic E-state index is 10.2. The summed E-state index contributed by atoms with van der Waals surface area (Å²) < 4.78 is 5.89. The van der Waals surface area contributed by atoms with Crippen LogP contribution in [-0.4, -0.2) is 24.5 Å². The molecule has 122 valence electrons. The maximum Gasteiger partial charge on any atom is 0.224 e. The molecule has 0 amide bonds. The van der Waals surface area contributed by atoms with Gasteiger partial charge in [-0.3, -0.25) is 0 Å². The number of aliphatic hydroxyl groups excluding tert-OH is 1. The van der Waals surface area contributed by atoms with Gasteiger partial charge in [-0.05, 0) is 54.7 Å². The molecule has 0 radical (unpaired) electrons. The Bertz CT molecular complexity index is 719. The van der Waals surface area contributed by atoms with E-state index < -0.39 is 6.29 Å². The number of rotatable bonds is 1. The van der Waals surface area contributed by atoms with Gasteiger partial charge >= 0.3 is 0 Å². The van der Waals surface area contributed by atoms with Crippen molar-refractivity contribution >= 4 is 11.8 Å². The summed E-state index contributed by atoms with van der Waals surface area (Å²) in [4.78, 5) is 2.49. The van der Waals surface area contributed by atoms with Crippen molar-refractivity contribution in [2.75, 3.05) is 18.0 Å². The van der Waals surface area contributed by atoms with Crippen LogP contribution in [0.5, 0.6) is 5.75 Å². The van der Waals surface area contributed by atoms with Gasteiger partial charge in [-0.2, -0.15) is 0 Å². The van der Waals surface area contributed by atoms with Crippen LogP contribution in [0.1, 0.15) is 43.4 Å². The van der Waals surface area contributed by atoms with E-state index in [2.05, 4.69) is 24.8 Å². The van der Waals surface area contributed by atoms with E-state index in [0.717, 1.165) is 37.2 Å². The van der Waals surface area contributed by atoms with E-state index >= 15 is 0 Å². The molecule has 0 aromatic heterocycles. The standard InChI is InChI=1S/C19H24N2O2/c1-19(2)6-9-21-8-3-4-14-16(21)15(19)11-13-10-12(5-7-20)18(22)23-17(13)14/h5,7,10-11,18,22H,3-4,6,8-9,20H2,1-2H3/b7-5+. The number of hydrogen-bond acceptors (Lipinski definition) is 4. The minimum absolute atomic E-state index is 0.167. The van der Waals surface area contributed by atoms with E-state index in [1.807, 2.05) is 6.08 Å². The maximum absolute atomic E-state index is 10.2. The summed E-state index contributed by atoms with van der Waals surface area (Å²) in [5.74, 6) is 0.854. The molecule has 3 aliphatic rings. The van der Waals surface area contributed by atoms with Crippen molar-refractivity contribution in [3.05, 3.63) is 40.6 Å². The van der Waals surface area contributed by atoms with Crippen molar-refractivity contribution < 1.29 is 9.84 Å². The molecule has 0 saturated heterocycles. The van der Waals surface area contributed by atoms with Gasteiger partial charge in [0.1, 0.15) is 5.75 Å². The molecule has 0 aliphatic carbocycles. The zero-order valence-corrected chi connectivity index (χ0v) is 13.8. The Balaban J connectivity index is 1.96. The fraction of sp³-hybridized carbons (Fsp3) is 0.474. The summed E-state index contributed by atoms with van der Waals surface area (Å²) in [6.45, 7) is 6.87. The van der Waals surface area contributed by atoms with E-state index in [4.69, 9.17) is 10.5 Å². The molecule has 1 aromatic rings. The van der Waals surface area contributed by atoms with Crippen molar-refractivity contribution in [2.24, 2.45) is 5.73 Å². The fourth-order valence-corrected chi connectivity index (χ4v) is 4.09. The van der Waals surface area contributed by atoms with Gasteiger partial charge < -0.3 is 20.5 Å². The quantitative estimate of drug-likeness (QED) is 0.837. The number of nitrogens with zero attached hydrogens (tertiary/aromatic N) is 1. The van der Waals surface area contributed by atoms with E-state index in [0.29, 0.717) is 5.57 Å². The van der Waals surface area contributed by atoms with Crippen LogP contribution in [0.4, 0.5) is 5.69 Å². The summed E-state index contributed by atoms with van der Waals surface area (Å²) in [6, 6.07) is 2.25. The summed E-state index contributed by atoms with van der Waals surface area (Å²) in [5.41, 5.74) is 11.4. The first kappa shape index (κ1) is 14.6. The lowest BCUT2D eigenvalue weighted by molar-refractivity contribution is 0.0149. The second-order valence-corrected chi connectivity index (χ2v) is 7.37. The van der Waals surface area contributed by atoms with Gasteiger partial charge in [0.25, 0.3) is 0 Å². The molecule has 0 saturated carbocycles. The van der Waals surface area contributed by atoms with Crippen molar-refractivity contribution in [3.63, 3.8) is 0 Å². The number of benzene rings is 1. The molecule has 3 heterocycles. The summed E-state index contributed by atoms with van der Waals surface area (Å²) in [6.07, 6.45) is 7.54. The molecule has 0 fully saturated rings. The van der Waals surface area contributed by atoms with Crippen LogP contribution < -0.4 is 15.4 Å². The second kappa shape index (κ2) is 5.03. The normalized spacial score (nSPS) is 24.7. The van der Waals surface area contributed by atoms with E-state index in [1.54, 1.807) is 6.08 Å². The van der Waals surface area contributed by atoms with Crippen LogP contribution >= 0.6 is 0 Å². The Morgan fingerprint density at radius 2 is 2.22 bits per heavy atom. The minimum atomic E-state index is -0.941. The second-order valence-electron chi connectivity index (χ2n) is 7.37. The number of ether oxygens (including phenoxy) is 1. The van der Waals surface area contributed by atoms with Crippen molar-refractivity contribution in [1.82, 2.24) is 0 Å². The Morgan fingerprint density at radius 1 is 1.39 bits per heavy atom. The molecule has 3 N–H and O–H groups in total. The zero-order chi connectivity index (χ0) is 16.2. The number of fused-ring (bicyclic) bond motifs is 2. The van der Waals surface area contributed by atoms with Crippen LogP contribution in [0, 0.1) is 0 Å².